The third kappa shape index (κ3) is 5.17. The van der Waals surface area contributed by atoms with Crippen molar-refractivity contribution < 1.29 is 18.3 Å². The van der Waals surface area contributed by atoms with Crippen LogP contribution in [0.15, 0.2) is 56.9 Å². The van der Waals surface area contributed by atoms with Gasteiger partial charge in [-0.1, -0.05) is 27.7 Å². The molecule has 1 unspecified atom stereocenters. The van der Waals surface area contributed by atoms with Gasteiger partial charge in [0.15, 0.2) is 5.16 Å². The van der Waals surface area contributed by atoms with Crippen molar-refractivity contribution in [2.45, 2.75) is 37.4 Å². The molecular formula is C20H18BrF2N3O3S. The summed E-state index contributed by atoms with van der Waals surface area (Å²) in [5.41, 5.74) is 0.824. The van der Waals surface area contributed by atoms with Crippen molar-refractivity contribution in [2.75, 3.05) is 5.32 Å². The van der Waals surface area contributed by atoms with E-state index in [1.165, 1.54) is 40.6 Å². The molecule has 2 aromatic carbocycles. The van der Waals surface area contributed by atoms with Gasteiger partial charge in [0, 0.05) is 16.7 Å². The lowest BCUT2D eigenvalue weighted by Gasteiger charge is -2.15. The highest BCUT2D eigenvalue weighted by Crippen LogP contribution is 2.25. The van der Waals surface area contributed by atoms with Crippen LogP contribution >= 0.6 is 27.7 Å². The maximum Gasteiger partial charge on any atom is 0.387 e. The Morgan fingerprint density at radius 2 is 1.97 bits per heavy atom. The topological polar surface area (TPSA) is 73.2 Å². The summed E-state index contributed by atoms with van der Waals surface area (Å²) in [6.07, 6.45) is 0. The van der Waals surface area contributed by atoms with Crippen LogP contribution in [0, 0.1) is 0 Å². The van der Waals surface area contributed by atoms with Crippen LogP contribution in [-0.4, -0.2) is 27.3 Å². The van der Waals surface area contributed by atoms with Crippen LogP contribution < -0.4 is 15.6 Å². The second kappa shape index (κ2) is 9.57. The Hall–Kier alpha value is -2.46. The van der Waals surface area contributed by atoms with Crippen molar-refractivity contribution in [3.05, 3.63) is 57.3 Å². The molecule has 0 saturated heterocycles. The Bertz CT molecular complexity index is 1120. The minimum Gasteiger partial charge on any atom is -0.435 e. The molecule has 0 fully saturated rings. The number of rotatable bonds is 7. The van der Waals surface area contributed by atoms with Gasteiger partial charge in [0.1, 0.15) is 5.75 Å². The van der Waals surface area contributed by atoms with Gasteiger partial charge in [0.2, 0.25) is 5.91 Å². The van der Waals surface area contributed by atoms with Gasteiger partial charge < -0.3 is 10.1 Å². The number of hydrogen-bond acceptors (Lipinski definition) is 5. The number of ether oxygens (including phenoxy) is 1. The molecule has 1 N–H and O–H groups in total. The van der Waals surface area contributed by atoms with E-state index in [0.717, 1.165) is 4.47 Å². The molecule has 0 radical (unpaired) electrons. The quantitative estimate of drug-likeness (QED) is 0.371. The van der Waals surface area contributed by atoms with Crippen molar-refractivity contribution >= 4 is 50.2 Å². The summed E-state index contributed by atoms with van der Waals surface area (Å²) in [6.45, 7) is 1.04. The number of thioether (sulfide) groups is 1. The Kier molecular flexibility index (Phi) is 7.09. The zero-order valence-corrected chi connectivity index (χ0v) is 18.5. The Morgan fingerprint density at radius 3 is 2.60 bits per heavy atom. The van der Waals surface area contributed by atoms with Crippen molar-refractivity contribution in [2.24, 2.45) is 0 Å². The number of nitrogens with one attached hydrogen (secondary N) is 1. The van der Waals surface area contributed by atoms with Crippen molar-refractivity contribution in [3.63, 3.8) is 0 Å². The van der Waals surface area contributed by atoms with E-state index in [-0.39, 0.29) is 17.2 Å². The first-order chi connectivity index (χ1) is 14.3. The highest BCUT2D eigenvalue weighted by Gasteiger charge is 2.19. The van der Waals surface area contributed by atoms with Gasteiger partial charge in [-0.25, -0.2) is 4.98 Å². The van der Waals surface area contributed by atoms with E-state index in [1.807, 2.05) is 6.92 Å². The molecule has 10 heteroatoms. The van der Waals surface area contributed by atoms with Crippen LogP contribution in [0.25, 0.3) is 10.9 Å². The number of fused-ring (bicyclic) bond motifs is 1. The average molecular weight is 498 g/mol. The molecule has 1 heterocycles. The lowest BCUT2D eigenvalue weighted by atomic mass is 10.2. The molecule has 0 spiro atoms. The zero-order valence-electron chi connectivity index (χ0n) is 16.1. The van der Waals surface area contributed by atoms with Crippen molar-refractivity contribution in [1.29, 1.82) is 0 Å². The van der Waals surface area contributed by atoms with E-state index in [2.05, 4.69) is 31.0 Å². The summed E-state index contributed by atoms with van der Waals surface area (Å²) >= 11 is 4.53. The monoisotopic (exact) mass is 497 g/mol. The molecular weight excluding hydrogens is 480 g/mol. The zero-order chi connectivity index (χ0) is 21.8. The maximum absolute atomic E-state index is 12.8. The molecule has 0 aliphatic carbocycles. The smallest absolute Gasteiger partial charge is 0.387 e. The van der Waals surface area contributed by atoms with Crippen LogP contribution in [0.5, 0.6) is 5.75 Å². The fourth-order valence-electron chi connectivity index (χ4n) is 2.72. The molecule has 1 aromatic heterocycles. The standard InChI is InChI=1S/C20H18BrF2N3O3S/c1-3-26-18(28)15-10-12(21)4-9-16(15)25-20(26)30-11(2)17(27)24-13-5-7-14(8-6-13)29-19(22)23/h4-11,19H,3H2,1-2H3,(H,24,27). The molecule has 0 saturated carbocycles. The van der Waals surface area contributed by atoms with Gasteiger partial charge >= 0.3 is 6.61 Å². The van der Waals surface area contributed by atoms with E-state index in [0.29, 0.717) is 28.3 Å². The number of anilines is 1. The second-order valence-corrected chi connectivity index (χ2v) is 8.48. The summed E-state index contributed by atoms with van der Waals surface area (Å²) in [7, 11) is 0. The normalized spacial score (nSPS) is 12.2. The van der Waals surface area contributed by atoms with Crippen molar-refractivity contribution in [1.82, 2.24) is 9.55 Å². The van der Waals surface area contributed by atoms with E-state index < -0.39 is 11.9 Å². The Morgan fingerprint density at radius 1 is 1.27 bits per heavy atom. The molecule has 3 aromatic rings. The molecule has 1 atom stereocenters. The van der Waals surface area contributed by atoms with Crippen LogP contribution in [0.3, 0.4) is 0 Å². The van der Waals surface area contributed by atoms with Crippen LogP contribution in [0.4, 0.5) is 14.5 Å². The third-order valence-corrected chi connectivity index (χ3v) is 5.78. The number of alkyl halides is 2. The average Bonchev–Trinajstić information content (AvgIpc) is 2.70. The molecule has 0 aliphatic rings. The number of aromatic nitrogens is 2. The fraction of sp³-hybridized carbons (Fsp3) is 0.250. The van der Waals surface area contributed by atoms with Crippen LogP contribution in [0.1, 0.15) is 13.8 Å². The van der Waals surface area contributed by atoms with E-state index in [4.69, 9.17) is 0 Å². The van der Waals surface area contributed by atoms with Gasteiger partial charge in [0.25, 0.3) is 5.56 Å². The minimum atomic E-state index is -2.91. The molecule has 0 aliphatic heterocycles. The lowest BCUT2D eigenvalue weighted by Crippen LogP contribution is -2.26. The van der Waals surface area contributed by atoms with Crippen LogP contribution in [-0.2, 0) is 11.3 Å². The van der Waals surface area contributed by atoms with Crippen molar-refractivity contribution in [3.8, 4) is 5.75 Å². The summed E-state index contributed by atoms with van der Waals surface area (Å²) in [6, 6.07) is 10.9. The van der Waals surface area contributed by atoms with Gasteiger partial charge in [0.05, 0.1) is 16.2 Å². The minimum absolute atomic E-state index is 0.00406. The lowest BCUT2D eigenvalue weighted by molar-refractivity contribution is -0.115. The highest BCUT2D eigenvalue weighted by atomic mass is 79.9. The summed E-state index contributed by atoms with van der Waals surface area (Å²) in [5, 5.41) is 3.10. The SMILES string of the molecule is CCn1c(SC(C)C(=O)Nc2ccc(OC(F)F)cc2)nc2ccc(Br)cc2c1=O. The number of halogens is 3. The van der Waals surface area contributed by atoms with Gasteiger partial charge in [-0.15, -0.1) is 0 Å². The largest absolute Gasteiger partial charge is 0.435 e. The molecule has 6 nitrogen and oxygen atoms in total. The summed E-state index contributed by atoms with van der Waals surface area (Å²) in [4.78, 5) is 29.9. The first kappa shape index (κ1) is 22.2. The summed E-state index contributed by atoms with van der Waals surface area (Å²) in [5.74, 6) is -0.306. The van der Waals surface area contributed by atoms with E-state index >= 15 is 0 Å². The molecule has 30 heavy (non-hydrogen) atoms. The number of nitrogens with zero attached hydrogens (tertiary/aromatic N) is 2. The number of carbonyl (C=O) groups is 1. The van der Waals surface area contributed by atoms with E-state index in [9.17, 15) is 18.4 Å². The number of amides is 1. The van der Waals surface area contributed by atoms with Gasteiger partial charge in [-0.3, -0.25) is 14.2 Å². The molecule has 3 rings (SSSR count). The van der Waals surface area contributed by atoms with Gasteiger partial charge in [-0.05, 0) is 56.3 Å². The predicted octanol–water partition coefficient (Wildman–Crippen LogP) is 4.90. The van der Waals surface area contributed by atoms with Gasteiger partial charge in [-0.2, -0.15) is 8.78 Å². The highest BCUT2D eigenvalue weighted by molar-refractivity contribution is 9.10. The van der Waals surface area contributed by atoms with Crippen LogP contribution in [0.2, 0.25) is 0 Å². The number of benzene rings is 2. The number of carbonyl (C=O) groups excluding carboxylic acids is 1. The second-order valence-electron chi connectivity index (χ2n) is 6.26. The first-order valence-electron chi connectivity index (χ1n) is 9.01. The number of hydrogen-bond donors (Lipinski definition) is 1. The third-order valence-electron chi connectivity index (χ3n) is 4.20. The summed E-state index contributed by atoms with van der Waals surface area (Å²) < 4.78 is 31.0. The Balaban J connectivity index is 1.77. The molecule has 1 amide bonds. The van der Waals surface area contributed by atoms with E-state index in [1.54, 1.807) is 25.1 Å². The maximum atomic E-state index is 12.8. The Labute approximate surface area is 183 Å². The molecule has 0 bridgehead atoms. The first-order valence-corrected chi connectivity index (χ1v) is 10.7. The fourth-order valence-corrected chi connectivity index (χ4v) is 4.05. The molecule has 158 valence electrons. The predicted molar refractivity (Wildman–Crippen MR) is 116 cm³/mol.